The molecule has 5 heteroatoms. The van der Waals surface area contributed by atoms with E-state index < -0.39 is 11.4 Å². The lowest BCUT2D eigenvalue weighted by atomic mass is 9.79. The molecule has 1 atom stereocenters. The molecule has 1 aliphatic rings. The molecule has 0 saturated heterocycles. The SMILES string of the molecule is COCCOCCC(CN)(CC1CC1)C(=O)O. The number of hydrogen-bond donors (Lipinski definition) is 2. The van der Waals surface area contributed by atoms with Gasteiger partial charge in [-0.1, -0.05) is 12.8 Å². The van der Waals surface area contributed by atoms with Crippen molar-refractivity contribution in [1.82, 2.24) is 0 Å². The second-order valence-electron chi connectivity index (χ2n) is 4.79. The van der Waals surface area contributed by atoms with Gasteiger partial charge in [0, 0.05) is 20.3 Å². The Morgan fingerprint density at radius 2 is 2.12 bits per heavy atom. The van der Waals surface area contributed by atoms with Gasteiger partial charge in [-0.3, -0.25) is 4.79 Å². The van der Waals surface area contributed by atoms with Crippen LogP contribution in [0.2, 0.25) is 0 Å². The van der Waals surface area contributed by atoms with Crippen molar-refractivity contribution in [3.8, 4) is 0 Å². The predicted octanol–water partition coefficient (Wildman–Crippen LogP) is 0.869. The topological polar surface area (TPSA) is 81.8 Å². The summed E-state index contributed by atoms with van der Waals surface area (Å²) < 4.78 is 10.2. The van der Waals surface area contributed by atoms with Crippen LogP contribution in [0.1, 0.15) is 25.7 Å². The Morgan fingerprint density at radius 1 is 1.41 bits per heavy atom. The van der Waals surface area contributed by atoms with Crippen LogP contribution in [0.4, 0.5) is 0 Å². The second kappa shape index (κ2) is 6.93. The predicted molar refractivity (Wildman–Crippen MR) is 63.8 cm³/mol. The fourth-order valence-corrected chi connectivity index (χ4v) is 1.96. The van der Waals surface area contributed by atoms with Crippen LogP contribution in [0.3, 0.4) is 0 Å². The van der Waals surface area contributed by atoms with Gasteiger partial charge in [0.2, 0.25) is 0 Å². The van der Waals surface area contributed by atoms with Crippen LogP contribution in [0, 0.1) is 11.3 Å². The van der Waals surface area contributed by atoms with Crippen molar-refractivity contribution in [2.45, 2.75) is 25.7 Å². The minimum Gasteiger partial charge on any atom is -0.481 e. The van der Waals surface area contributed by atoms with E-state index >= 15 is 0 Å². The van der Waals surface area contributed by atoms with Gasteiger partial charge in [-0.15, -0.1) is 0 Å². The first-order valence-electron chi connectivity index (χ1n) is 6.15. The normalized spacial score (nSPS) is 18.9. The van der Waals surface area contributed by atoms with E-state index in [1.54, 1.807) is 7.11 Å². The maximum atomic E-state index is 11.4. The van der Waals surface area contributed by atoms with Crippen LogP contribution in [0.15, 0.2) is 0 Å². The number of methoxy groups -OCH3 is 1. The Morgan fingerprint density at radius 3 is 2.59 bits per heavy atom. The molecule has 17 heavy (non-hydrogen) atoms. The highest BCUT2D eigenvalue weighted by atomic mass is 16.5. The molecule has 0 heterocycles. The number of ether oxygens (including phenoxy) is 2. The van der Waals surface area contributed by atoms with Crippen molar-refractivity contribution in [2.24, 2.45) is 17.1 Å². The first-order chi connectivity index (χ1) is 8.14. The maximum absolute atomic E-state index is 11.4. The molecule has 1 saturated carbocycles. The van der Waals surface area contributed by atoms with E-state index in [-0.39, 0.29) is 6.54 Å². The Hall–Kier alpha value is -0.650. The van der Waals surface area contributed by atoms with Crippen molar-refractivity contribution < 1.29 is 19.4 Å². The van der Waals surface area contributed by atoms with Crippen LogP contribution < -0.4 is 5.73 Å². The molecule has 0 aromatic rings. The van der Waals surface area contributed by atoms with Crippen LogP contribution in [0.25, 0.3) is 0 Å². The smallest absolute Gasteiger partial charge is 0.311 e. The highest BCUT2D eigenvalue weighted by molar-refractivity contribution is 5.75. The first kappa shape index (κ1) is 14.4. The van der Waals surface area contributed by atoms with Gasteiger partial charge in [-0.05, 0) is 18.8 Å². The average Bonchev–Trinajstić information content (AvgIpc) is 3.10. The van der Waals surface area contributed by atoms with E-state index in [1.165, 1.54) is 0 Å². The van der Waals surface area contributed by atoms with Gasteiger partial charge in [0.25, 0.3) is 0 Å². The number of carboxylic acids is 1. The molecule has 0 bridgehead atoms. The Labute approximate surface area is 102 Å². The molecule has 0 aliphatic heterocycles. The summed E-state index contributed by atoms with van der Waals surface area (Å²) in [5, 5.41) is 9.34. The molecule has 0 spiro atoms. The van der Waals surface area contributed by atoms with E-state index in [0.29, 0.717) is 38.6 Å². The molecule has 100 valence electrons. The van der Waals surface area contributed by atoms with Gasteiger partial charge < -0.3 is 20.3 Å². The van der Waals surface area contributed by atoms with Gasteiger partial charge in [0.05, 0.1) is 18.6 Å². The second-order valence-corrected chi connectivity index (χ2v) is 4.79. The number of carbonyl (C=O) groups is 1. The van der Waals surface area contributed by atoms with Gasteiger partial charge in [0.15, 0.2) is 0 Å². The number of carboxylic acid groups (broad SMARTS) is 1. The van der Waals surface area contributed by atoms with Crippen molar-refractivity contribution in [3.05, 3.63) is 0 Å². The Balaban J connectivity index is 2.36. The molecule has 3 N–H and O–H groups in total. The highest BCUT2D eigenvalue weighted by Crippen LogP contribution is 2.41. The fraction of sp³-hybridized carbons (Fsp3) is 0.917. The zero-order valence-electron chi connectivity index (χ0n) is 10.5. The third kappa shape index (κ3) is 4.61. The summed E-state index contributed by atoms with van der Waals surface area (Å²) >= 11 is 0. The highest BCUT2D eigenvalue weighted by Gasteiger charge is 2.41. The number of aliphatic carboxylic acids is 1. The van der Waals surface area contributed by atoms with E-state index in [2.05, 4.69) is 0 Å². The maximum Gasteiger partial charge on any atom is 0.311 e. The number of nitrogens with two attached hydrogens (primary N) is 1. The molecular formula is C12H23NO4. The zero-order valence-corrected chi connectivity index (χ0v) is 10.5. The lowest BCUT2D eigenvalue weighted by Gasteiger charge is -2.27. The minimum atomic E-state index is -0.797. The van der Waals surface area contributed by atoms with Crippen LogP contribution in [0.5, 0.6) is 0 Å². The molecule has 1 rings (SSSR count). The third-order valence-corrected chi connectivity index (χ3v) is 3.38. The summed E-state index contributed by atoms with van der Waals surface area (Å²) in [6, 6.07) is 0. The summed E-state index contributed by atoms with van der Waals surface area (Å²) in [6.45, 7) is 1.65. The number of rotatable bonds is 10. The molecule has 1 fully saturated rings. The van der Waals surface area contributed by atoms with E-state index in [1.807, 2.05) is 0 Å². The van der Waals surface area contributed by atoms with Crippen LogP contribution >= 0.6 is 0 Å². The summed E-state index contributed by atoms with van der Waals surface area (Å²) in [7, 11) is 1.61. The molecule has 5 nitrogen and oxygen atoms in total. The van der Waals surface area contributed by atoms with Crippen molar-refractivity contribution in [2.75, 3.05) is 33.5 Å². The molecular weight excluding hydrogens is 222 g/mol. The quantitative estimate of drug-likeness (QED) is 0.558. The molecule has 1 unspecified atom stereocenters. The molecule has 0 radical (unpaired) electrons. The van der Waals surface area contributed by atoms with Crippen molar-refractivity contribution in [3.63, 3.8) is 0 Å². The van der Waals surface area contributed by atoms with Crippen LogP contribution in [-0.2, 0) is 14.3 Å². The van der Waals surface area contributed by atoms with E-state index in [0.717, 1.165) is 12.8 Å². The molecule has 0 aromatic carbocycles. The number of hydrogen-bond acceptors (Lipinski definition) is 4. The summed E-state index contributed by atoms with van der Waals surface area (Å²) in [5.74, 6) is -0.240. The lowest BCUT2D eigenvalue weighted by Crippen LogP contribution is -2.40. The third-order valence-electron chi connectivity index (χ3n) is 3.38. The molecule has 0 aromatic heterocycles. The molecule has 0 amide bonds. The average molecular weight is 245 g/mol. The summed E-state index contributed by atoms with van der Waals surface area (Å²) in [4.78, 5) is 11.4. The van der Waals surface area contributed by atoms with E-state index in [4.69, 9.17) is 15.2 Å². The van der Waals surface area contributed by atoms with Crippen molar-refractivity contribution >= 4 is 5.97 Å². The Bertz CT molecular complexity index is 243. The Kier molecular flexibility index (Phi) is 5.88. The van der Waals surface area contributed by atoms with Gasteiger partial charge in [0.1, 0.15) is 0 Å². The largest absolute Gasteiger partial charge is 0.481 e. The lowest BCUT2D eigenvalue weighted by molar-refractivity contribution is -0.150. The fourth-order valence-electron chi connectivity index (χ4n) is 1.96. The van der Waals surface area contributed by atoms with E-state index in [9.17, 15) is 9.90 Å². The van der Waals surface area contributed by atoms with Crippen LogP contribution in [-0.4, -0.2) is 44.6 Å². The summed E-state index contributed by atoms with van der Waals surface area (Å²) in [6.07, 6.45) is 3.45. The molecule has 1 aliphatic carbocycles. The minimum absolute atomic E-state index is 0.187. The monoisotopic (exact) mass is 245 g/mol. The van der Waals surface area contributed by atoms with Gasteiger partial charge in [-0.25, -0.2) is 0 Å². The summed E-state index contributed by atoms with van der Waals surface area (Å²) in [5.41, 5.74) is 4.87. The zero-order chi connectivity index (χ0) is 12.7. The first-order valence-corrected chi connectivity index (χ1v) is 6.15. The van der Waals surface area contributed by atoms with Gasteiger partial charge in [-0.2, -0.15) is 0 Å². The van der Waals surface area contributed by atoms with Gasteiger partial charge >= 0.3 is 5.97 Å². The van der Waals surface area contributed by atoms with Crippen molar-refractivity contribution in [1.29, 1.82) is 0 Å². The standard InChI is InChI=1S/C12H23NO4/c1-16-6-7-17-5-4-12(9-13,11(14)15)8-10-2-3-10/h10H,2-9,13H2,1H3,(H,14,15).